The van der Waals surface area contributed by atoms with E-state index in [0.29, 0.717) is 46.2 Å². The molecule has 1 N–H and O–H groups in total. The van der Waals surface area contributed by atoms with Crippen molar-refractivity contribution in [3.05, 3.63) is 0 Å². The quantitative estimate of drug-likeness (QED) is 0.315. The highest BCUT2D eigenvalue weighted by atomic mass is 16.6. The van der Waals surface area contributed by atoms with Crippen LogP contribution >= 0.6 is 0 Å². The highest BCUT2D eigenvalue weighted by Crippen LogP contribution is 2.14. The van der Waals surface area contributed by atoms with Gasteiger partial charge in [-0.25, -0.2) is 0 Å². The van der Waals surface area contributed by atoms with Crippen LogP contribution in [0.25, 0.3) is 0 Å². The van der Waals surface area contributed by atoms with E-state index in [9.17, 15) is 0 Å². The van der Waals surface area contributed by atoms with E-state index < -0.39 is 0 Å². The van der Waals surface area contributed by atoms with Crippen LogP contribution in [0.5, 0.6) is 0 Å². The zero-order chi connectivity index (χ0) is 18.4. The number of hydrogen-bond donors (Lipinski definition) is 1. The van der Waals surface area contributed by atoms with Crippen LogP contribution in [0, 0.1) is 5.92 Å². The molecule has 0 aliphatic carbocycles. The lowest BCUT2D eigenvalue weighted by Crippen LogP contribution is -2.13. The largest absolute Gasteiger partial charge is 0.394 e. The van der Waals surface area contributed by atoms with Gasteiger partial charge in [-0.05, 0) is 12.3 Å². The number of aliphatic hydroxyl groups is 1. The summed E-state index contributed by atoms with van der Waals surface area (Å²) in [5.74, 6) is 0.758. The normalized spacial score (nSPS) is 12.6. The SMILES string of the molecule is CCCCCCCCC(C)CCOCCOCCOCCOCCO. The van der Waals surface area contributed by atoms with Gasteiger partial charge in [0.2, 0.25) is 0 Å². The van der Waals surface area contributed by atoms with Crippen molar-refractivity contribution in [2.45, 2.75) is 65.2 Å². The summed E-state index contributed by atoms with van der Waals surface area (Å²) in [5, 5.41) is 8.53. The Balaban J connectivity index is 3.09. The van der Waals surface area contributed by atoms with Crippen LogP contribution < -0.4 is 0 Å². The molecule has 0 radical (unpaired) electrons. The average Bonchev–Trinajstić information content (AvgIpc) is 2.62. The highest BCUT2D eigenvalue weighted by Gasteiger charge is 2.02. The second-order valence-corrected chi connectivity index (χ2v) is 6.62. The van der Waals surface area contributed by atoms with Crippen molar-refractivity contribution in [2.75, 3.05) is 59.5 Å². The second-order valence-electron chi connectivity index (χ2n) is 6.62. The minimum atomic E-state index is 0.0565. The molecular weight excluding hydrogens is 320 g/mol. The maximum atomic E-state index is 8.53. The molecule has 152 valence electrons. The first-order valence-electron chi connectivity index (χ1n) is 10.2. The summed E-state index contributed by atoms with van der Waals surface area (Å²) in [6, 6.07) is 0. The fourth-order valence-electron chi connectivity index (χ4n) is 2.53. The van der Waals surface area contributed by atoms with E-state index in [-0.39, 0.29) is 6.61 Å². The third-order valence-electron chi connectivity index (χ3n) is 4.16. The van der Waals surface area contributed by atoms with E-state index in [4.69, 9.17) is 24.1 Å². The Labute approximate surface area is 155 Å². The Morgan fingerprint density at radius 3 is 1.64 bits per heavy atom. The molecule has 0 saturated heterocycles. The van der Waals surface area contributed by atoms with Crippen molar-refractivity contribution >= 4 is 0 Å². The van der Waals surface area contributed by atoms with Gasteiger partial charge in [-0.3, -0.25) is 0 Å². The Bertz CT molecular complexity index is 238. The lowest BCUT2D eigenvalue weighted by Gasteiger charge is -2.12. The third kappa shape index (κ3) is 21.8. The van der Waals surface area contributed by atoms with Crippen LogP contribution in [0.2, 0.25) is 0 Å². The molecular formula is C20H42O5. The van der Waals surface area contributed by atoms with Gasteiger partial charge >= 0.3 is 0 Å². The molecule has 0 aromatic carbocycles. The standard InChI is InChI=1S/C20H42O5/c1-3-4-5-6-7-8-9-20(2)10-12-22-14-16-24-18-19-25-17-15-23-13-11-21/h20-21H,3-19H2,1-2H3. The second kappa shape index (κ2) is 21.8. The molecule has 1 atom stereocenters. The fraction of sp³-hybridized carbons (Fsp3) is 1.00. The van der Waals surface area contributed by atoms with Gasteiger partial charge in [0.25, 0.3) is 0 Å². The summed E-state index contributed by atoms with van der Waals surface area (Å²) in [4.78, 5) is 0. The molecule has 0 amide bonds. The van der Waals surface area contributed by atoms with Crippen LogP contribution in [-0.4, -0.2) is 64.6 Å². The van der Waals surface area contributed by atoms with Crippen molar-refractivity contribution < 1.29 is 24.1 Å². The number of unbranched alkanes of at least 4 members (excludes halogenated alkanes) is 5. The van der Waals surface area contributed by atoms with Crippen molar-refractivity contribution in [3.8, 4) is 0 Å². The number of hydrogen-bond acceptors (Lipinski definition) is 5. The van der Waals surface area contributed by atoms with E-state index in [0.717, 1.165) is 18.9 Å². The molecule has 0 bridgehead atoms. The average molecular weight is 363 g/mol. The highest BCUT2D eigenvalue weighted by molar-refractivity contribution is 4.54. The maximum Gasteiger partial charge on any atom is 0.0701 e. The Morgan fingerprint density at radius 2 is 1.08 bits per heavy atom. The van der Waals surface area contributed by atoms with E-state index in [1.165, 1.54) is 44.9 Å². The van der Waals surface area contributed by atoms with Gasteiger partial charge in [0, 0.05) is 6.61 Å². The number of rotatable bonds is 21. The van der Waals surface area contributed by atoms with Gasteiger partial charge < -0.3 is 24.1 Å². The van der Waals surface area contributed by atoms with E-state index in [2.05, 4.69) is 13.8 Å². The van der Waals surface area contributed by atoms with Gasteiger partial charge in [-0.2, -0.15) is 0 Å². The van der Waals surface area contributed by atoms with Crippen molar-refractivity contribution in [3.63, 3.8) is 0 Å². The van der Waals surface area contributed by atoms with Gasteiger partial charge in [0.1, 0.15) is 0 Å². The summed E-state index contributed by atoms with van der Waals surface area (Å²) in [5.41, 5.74) is 0. The van der Waals surface area contributed by atoms with Gasteiger partial charge in [-0.1, -0.05) is 58.8 Å². The first-order chi connectivity index (χ1) is 12.3. The first kappa shape index (κ1) is 24.8. The third-order valence-corrected chi connectivity index (χ3v) is 4.16. The maximum absolute atomic E-state index is 8.53. The summed E-state index contributed by atoms with van der Waals surface area (Å²) >= 11 is 0. The topological polar surface area (TPSA) is 57.2 Å². The summed E-state index contributed by atoms with van der Waals surface area (Å²) in [6.45, 7) is 9.33. The first-order valence-corrected chi connectivity index (χ1v) is 10.2. The monoisotopic (exact) mass is 362 g/mol. The summed E-state index contributed by atoms with van der Waals surface area (Å²) in [7, 11) is 0. The molecule has 0 rings (SSSR count). The lowest BCUT2D eigenvalue weighted by molar-refractivity contribution is -0.00643. The van der Waals surface area contributed by atoms with E-state index >= 15 is 0 Å². The van der Waals surface area contributed by atoms with Crippen LogP contribution in [0.1, 0.15) is 65.2 Å². The fourth-order valence-corrected chi connectivity index (χ4v) is 2.53. The molecule has 25 heavy (non-hydrogen) atoms. The molecule has 0 aromatic heterocycles. The zero-order valence-corrected chi connectivity index (χ0v) is 16.7. The molecule has 0 aliphatic rings. The van der Waals surface area contributed by atoms with Gasteiger partial charge in [-0.15, -0.1) is 0 Å². The van der Waals surface area contributed by atoms with Crippen LogP contribution in [0.15, 0.2) is 0 Å². The summed E-state index contributed by atoms with van der Waals surface area (Å²) < 4.78 is 21.5. The predicted octanol–water partition coefficient (Wildman–Crippen LogP) is 3.82. The molecule has 0 saturated carbocycles. The number of aliphatic hydroxyl groups excluding tert-OH is 1. The molecule has 0 heterocycles. The Hall–Kier alpha value is -0.200. The Kier molecular flexibility index (Phi) is 21.7. The van der Waals surface area contributed by atoms with Crippen LogP contribution in [0.4, 0.5) is 0 Å². The van der Waals surface area contributed by atoms with E-state index in [1.807, 2.05) is 0 Å². The van der Waals surface area contributed by atoms with Crippen molar-refractivity contribution in [1.29, 1.82) is 0 Å². The summed E-state index contributed by atoms with van der Waals surface area (Å²) in [6.07, 6.45) is 10.7. The minimum absolute atomic E-state index is 0.0565. The van der Waals surface area contributed by atoms with Gasteiger partial charge in [0.15, 0.2) is 0 Å². The number of ether oxygens (including phenoxy) is 4. The van der Waals surface area contributed by atoms with Crippen LogP contribution in [0.3, 0.4) is 0 Å². The van der Waals surface area contributed by atoms with Crippen molar-refractivity contribution in [2.24, 2.45) is 5.92 Å². The van der Waals surface area contributed by atoms with Crippen LogP contribution in [-0.2, 0) is 18.9 Å². The molecule has 0 aromatic rings. The molecule has 0 aliphatic heterocycles. The lowest BCUT2D eigenvalue weighted by atomic mass is 9.99. The van der Waals surface area contributed by atoms with Crippen molar-refractivity contribution in [1.82, 2.24) is 0 Å². The zero-order valence-electron chi connectivity index (χ0n) is 16.7. The molecule has 1 unspecified atom stereocenters. The Morgan fingerprint density at radius 1 is 0.600 bits per heavy atom. The van der Waals surface area contributed by atoms with E-state index in [1.54, 1.807) is 0 Å². The molecule has 0 spiro atoms. The minimum Gasteiger partial charge on any atom is -0.394 e. The van der Waals surface area contributed by atoms with Gasteiger partial charge in [0.05, 0.1) is 52.9 Å². The smallest absolute Gasteiger partial charge is 0.0701 e. The molecule has 5 heteroatoms. The molecule has 0 fully saturated rings. The molecule has 5 nitrogen and oxygen atoms in total. The predicted molar refractivity (Wildman–Crippen MR) is 102 cm³/mol.